The van der Waals surface area contributed by atoms with Crippen LogP contribution in [0.5, 0.6) is 0 Å². The Balaban J connectivity index is 2.25. The number of carbonyl (C=O) groups is 1. The minimum absolute atomic E-state index is 0.151. The summed E-state index contributed by atoms with van der Waals surface area (Å²) in [5.41, 5.74) is 0.700. The molecule has 0 saturated heterocycles. The molecule has 0 bridgehead atoms. The summed E-state index contributed by atoms with van der Waals surface area (Å²) in [5, 5.41) is 3.13. The molecule has 0 aliphatic rings. The van der Waals surface area contributed by atoms with Crippen molar-refractivity contribution < 1.29 is 13.2 Å². The second kappa shape index (κ2) is 7.74. The summed E-state index contributed by atoms with van der Waals surface area (Å²) < 4.78 is 25.9. The van der Waals surface area contributed by atoms with Crippen LogP contribution in [0.4, 0.5) is 11.4 Å². The van der Waals surface area contributed by atoms with Gasteiger partial charge >= 0.3 is 0 Å². The summed E-state index contributed by atoms with van der Waals surface area (Å²) in [4.78, 5) is 12.2. The number of rotatable bonds is 5. The minimum Gasteiger partial charge on any atom is -0.325 e. The molecule has 0 heterocycles. The Kier molecular flexibility index (Phi) is 6.14. The monoisotopic (exact) mass is 450 g/mol. The van der Waals surface area contributed by atoms with Gasteiger partial charge in [0.1, 0.15) is 6.54 Å². The first kappa shape index (κ1) is 19.1. The topological polar surface area (TPSA) is 66.5 Å². The van der Waals surface area contributed by atoms with Crippen molar-refractivity contribution in [2.24, 2.45) is 0 Å². The SMILES string of the molecule is CS(=O)(=O)N(CC(=O)Nc1ccc(Br)cc1)c1cc(Cl)ccc1Cl. The number of carbonyl (C=O) groups excluding carboxylic acids is 1. The Morgan fingerprint density at radius 3 is 2.38 bits per heavy atom. The average molecular weight is 452 g/mol. The standard InChI is InChI=1S/C15H13BrCl2N2O3S/c1-24(22,23)20(14-8-11(17)4-7-13(14)18)9-15(21)19-12-5-2-10(16)3-6-12/h2-8H,9H2,1H3,(H,19,21). The summed E-state index contributed by atoms with van der Waals surface area (Å²) >= 11 is 15.3. The van der Waals surface area contributed by atoms with Gasteiger partial charge in [-0.15, -0.1) is 0 Å². The van der Waals surface area contributed by atoms with Gasteiger partial charge in [-0.2, -0.15) is 0 Å². The van der Waals surface area contributed by atoms with Crippen LogP contribution in [-0.2, 0) is 14.8 Å². The molecule has 0 aliphatic carbocycles. The van der Waals surface area contributed by atoms with E-state index < -0.39 is 22.5 Å². The zero-order valence-electron chi connectivity index (χ0n) is 12.5. The summed E-state index contributed by atoms with van der Waals surface area (Å²) in [6.45, 7) is -0.422. The van der Waals surface area contributed by atoms with Crippen LogP contribution in [0.2, 0.25) is 10.0 Å². The lowest BCUT2D eigenvalue weighted by atomic mass is 10.3. The molecule has 5 nitrogen and oxygen atoms in total. The van der Waals surface area contributed by atoms with Gasteiger partial charge in [-0.1, -0.05) is 39.1 Å². The van der Waals surface area contributed by atoms with Crippen molar-refractivity contribution in [3.05, 3.63) is 57.0 Å². The van der Waals surface area contributed by atoms with Gasteiger partial charge in [-0.3, -0.25) is 9.10 Å². The van der Waals surface area contributed by atoms with Crippen LogP contribution in [0.25, 0.3) is 0 Å². The van der Waals surface area contributed by atoms with E-state index in [9.17, 15) is 13.2 Å². The quantitative estimate of drug-likeness (QED) is 0.741. The Labute approximate surface area is 158 Å². The number of sulfonamides is 1. The van der Waals surface area contributed by atoms with E-state index in [-0.39, 0.29) is 10.7 Å². The molecule has 0 fully saturated rings. The molecule has 0 unspecified atom stereocenters. The predicted octanol–water partition coefficient (Wildman–Crippen LogP) is 4.16. The lowest BCUT2D eigenvalue weighted by Gasteiger charge is -2.23. The number of anilines is 2. The highest BCUT2D eigenvalue weighted by atomic mass is 79.9. The minimum atomic E-state index is -3.73. The molecule has 0 aliphatic heterocycles. The molecule has 0 spiro atoms. The molecule has 0 radical (unpaired) electrons. The van der Waals surface area contributed by atoms with Gasteiger partial charge in [0, 0.05) is 15.2 Å². The predicted molar refractivity (Wildman–Crippen MR) is 101 cm³/mol. The second-order valence-corrected chi connectivity index (χ2v) is 8.59. The molecule has 1 N–H and O–H groups in total. The van der Waals surface area contributed by atoms with E-state index in [0.717, 1.165) is 15.0 Å². The maximum atomic E-state index is 12.2. The number of nitrogens with one attached hydrogen (secondary N) is 1. The third-order valence-corrected chi connectivity index (χ3v) is 5.20. The third-order valence-electron chi connectivity index (χ3n) is 2.99. The number of hydrogen-bond donors (Lipinski definition) is 1. The highest BCUT2D eigenvalue weighted by molar-refractivity contribution is 9.10. The fourth-order valence-corrected chi connectivity index (χ4v) is 3.48. The van der Waals surface area contributed by atoms with Crippen molar-refractivity contribution in [1.82, 2.24) is 0 Å². The maximum Gasteiger partial charge on any atom is 0.245 e. The van der Waals surface area contributed by atoms with Crippen molar-refractivity contribution >= 4 is 66.4 Å². The van der Waals surface area contributed by atoms with Crippen molar-refractivity contribution in [2.75, 3.05) is 22.4 Å². The molecule has 2 aromatic carbocycles. The first-order chi connectivity index (χ1) is 11.2. The Morgan fingerprint density at radius 2 is 1.79 bits per heavy atom. The van der Waals surface area contributed by atoms with Crippen molar-refractivity contribution in [2.45, 2.75) is 0 Å². The lowest BCUT2D eigenvalue weighted by molar-refractivity contribution is -0.114. The second-order valence-electron chi connectivity index (χ2n) is 4.92. The van der Waals surface area contributed by atoms with E-state index in [4.69, 9.17) is 23.2 Å². The van der Waals surface area contributed by atoms with Crippen LogP contribution < -0.4 is 9.62 Å². The third kappa shape index (κ3) is 5.11. The van der Waals surface area contributed by atoms with Gasteiger partial charge in [0.25, 0.3) is 0 Å². The fraction of sp³-hybridized carbons (Fsp3) is 0.133. The van der Waals surface area contributed by atoms with Gasteiger partial charge in [0.15, 0.2) is 0 Å². The Bertz CT molecular complexity index is 858. The van der Waals surface area contributed by atoms with Crippen LogP contribution in [-0.4, -0.2) is 27.1 Å². The molecule has 128 valence electrons. The molecular formula is C15H13BrCl2N2O3S. The summed E-state index contributed by atoms with van der Waals surface area (Å²) in [5.74, 6) is -0.501. The van der Waals surface area contributed by atoms with E-state index in [1.54, 1.807) is 24.3 Å². The van der Waals surface area contributed by atoms with E-state index in [1.165, 1.54) is 18.2 Å². The van der Waals surface area contributed by atoms with E-state index in [2.05, 4.69) is 21.2 Å². The molecule has 2 aromatic rings. The first-order valence-electron chi connectivity index (χ1n) is 6.65. The molecule has 1 amide bonds. The van der Waals surface area contributed by atoms with Gasteiger partial charge in [0.05, 0.1) is 17.0 Å². The summed E-state index contributed by atoms with van der Waals surface area (Å²) in [6, 6.07) is 11.3. The van der Waals surface area contributed by atoms with Crippen molar-refractivity contribution in [3.8, 4) is 0 Å². The Hall–Kier alpha value is -1.28. The summed E-state index contributed by atoms with van der Waals surface area (Å²) in [7, 11) is -3.73. The van der Waals surface area contributed by atoms with Crippen LogP contribution in [0.1, 0.15) is 0 Å². The Morgan fingerprint density at radius 1 is 1.17 bits per heavy atom. The van der Waals surface area contributed by atoms with Crippen molar-refractivity contribution in [3.63, 3.8) is 0 Å². The maximum absolute atomic E-state index is 12.2. The van der Waals surface area contributed by atoms with Gasteiger partial charge in [-0.25, -0.2) is 8.42 Å². The largest absolute Gasteiger partial charge is 0.325 e. The fourth-order valence-electron chi connectivity index (χ4n) is 1.92. The average Bonchev–Trinajstić information content (AvgIpc) is 2.49. The lowest BCUT2D eigenvalue weighted by Crippen LogP contribution is -2.37. The van der Waals surface area contributed by atoms with Gasteiger partial charge in [-0.05, 0) is 42.5 Å². The van der Waals surface area contributed by atoms with Crippen LogP contribution in [0.15, 0.2) is 46.9 Å². The van der Waals surface area contributed by atoms with Crippen LogP contribution in [0.3, 0.4) is 0 Å². The van der Waals surface area contributed by atoms with E-state index in [1.807, 2.05) is 0 Å². The highest BCUT2D eigenvalue weighted by Gasteiger charge is 2.23. The number of benzene rings is 2. The van der Waals surface area contributed by atoms with E-state index in [0.29, 0.717) is 10.7 Å². The molecule has 2 rings (SSSR count). The van der Waals surface area contributed by atoms with Crippen LogP contribution in [0, 0.1) is 0 Å². The van der Waals surface area contributed by atoms with Gasteiger partial charge in [0.2, 0.25) is 15.9 Å². The molecule has 24 heavy (non-hydrogen) atoms. The van der Waals surface area contributed by atoms with Crippen molar-refractivity contribution in [1.29, 1.82) is 0 Å². The summed E-state index contributed by atoms with van der Waals surface area (Å²) in [6.07, 6.45) is 0.997. The molecule has 0 saturated carbocycles. The molecule has 0 aromatic heterocycles. The normalized spacial score (nSPS) is 11.2. The van der Waals surface area contributed by atoms with Crippen LogP contribution >= 0.6 is 39.1 Å². The first-order valence-corrected chi connectivity index (χ1v) is 10.0. The molecular weight excluding hydrogens is 439 g/mol. The number of halogens is 3. The number of nitrogens with zero attached hydrogens (tertiary/aromatic N) is 1. The molecule has 9 heteroatoms. The molecule has 0 atom stereocenters. The number of hydrogen-bond acceptors (Lipinski definition) is 3. The smallest absolute Gasteiger partial charge is 0.245 e. The van der Waals surface area contributed by atoms with Gasteiger partial charge < -0.3 is 5.32 Å². The zero-order chi connectivity index (χ0) is 17.9. The number of amides is 1. The highest BCUT2D eigenvalue weighted by Crippen LogP contribution is 2.30. The zero-order valence-corrected chi connectivity index (χ0v) is 16.4. The van der Waals surface area contributed by atoms with E-state index >= 15 is 0 Å².